The van der Waals surface area contributed by atoms with Gasteiger partial charge in [-0.15, -0.1) is 0 Å². The third-order valence-corrected chi connectivity index (χ3v) is 4.15. The molecule has 2 aromatic carbocycles. The molecule has 0 radical (unpaired) electrons. The molecule has 1 amide bonds. The highest BCUT2D eigenvalue weighted by molar-refractivity contribution is 6.35. The van der Waals surface area contributed by atoms with Gasteiger partial charge in [0.1, 0.15) is 18.9 Å². The Labute approximate surface area is 164 Å². The molecule has 1 N–H and O–H groups in total. The largest absolute Gasteiger partial charge is 0.484 e. The van der Waals surface area contributed by atoms with Crippen LogP contribution in [0.25, 0.3) is 0 Å². The van der Waals surface area contributed by atoms with Crippen molar-refractivity contribution in [2.45, 2.75) is 20.1 Å². The number of aromatic nitrogens is 2. The topological polar surface area (TPSA) is 86.4 Å². The lowest BCUT2D eigenvalue weighted by Gasteiger charge is -2.09. The van der Waals surface area contributed by atoms with Gasteiger partial charge in [0.05, 0.1) is 5.02 Å². The highest BCUT2D eigenvalue weighted by atomic mass is 35.5. The van der Waals surface area contributed by atoms with Crippen LogP contribution in [0.2, 0.25) is 10.0 Å². The Morgan fingerprint density at radius 2 is 2.07 bits per heavy atom. The summed E-state index contributed by atoms with van der Waals surface area (Å²) >= 11 is 11.9. The SMILES string of the molecule is Cc1cccc(NC(=O)Cn2c(COc3ccc(Cl)cc3Cl)noc2=O)c1. The first-order valence-electron chi connectivity index (χ1n) is 7.92. The van der Waals surface area contributed by atoms with Crippen LogP contribution >= 0.6 is 23.2 Å². The number of halogens is 2. The van der Waals surface area contributed by atoms with Crippen LogP contribution in [0.15, 0.2) is 51.8 Å². The van der Waals surface area contributed by atoms with E-state index < -0.39 is 11.7 Å². The predicted octanol–water partition coefficient (Wildman–Crippen LogP) is 3.67. The third-order valence-electron chi connectivity index (χ3n) is 3.62. The van der Waals surface area contributed by atoms with Crippen LogP contribution < -0.4 is 15.8 Å². The summed E-state index contributed by atoms with van der Waals surface area (Å²) in [7, 11) is 0. The highest BCUT2D eigenvalue weighted by Crippen LogP contribution is 2.27. The Kier molecular flexibility index (Phi) is 5.83. The number of carbonyl (C=O) groups excluding carboxylic acids is 1. The van der Waals surface area contributed by atoms with Gasteiger partial charge >= 0.3 is 5.76 Å². The summed E-state index contributed by atoms with van der Waals surface area (Å²) in [6, 6.07) is 12.1. The van der Waals surface area contributed by atoms with Gasteiger partial charge in [0.2, 0.25) is 5.91 Å². The number of anilines is 1. The fourth-order valence-electron chi connectivity index (χ4n) is 2.36. The standard InChI is InChI=1S/C18H15Cl2N3O4/c1-11-3-2-4-13(7-11)21-17(24)9-23-16(22-27-18(23)25)10-26-15-6-5-12(19)8-14(15)20/h2-8H,9-10H2,1H3,(H,21,24). The summed E-state index contributed by atoms with van der Waals surface area (Å²) in [6.07, 6.45) is 0. The Bertz CT molecular complexity index is 1030. The number of nitrogens with one attached hydrogen (secondary N) is 1. The van der Waals surface area contributed by atoms with Gasteiger partial charge in [0.15, 0.2) is 5.82 Å². The number of hydrogen-bond acceptors (Lipinski definition) is 5. The van der Waals surface area contributed by atoms with Crippen molar-refractivity contribution >= 4 is 34.8 Å². The molecular formula is C18H15Cl2N3O4. The summed E-state index contributed by atoms with van der Waals surface area (Å²) in [6.45, 7) is 1.55. The van der Waals surface area contributed by atoms with Crippen molar-refractivity contribution in [1.82, 2.24) is 9.72 Å². The lowest BCUT2D eigenvalue weighted by molar-refractivity contribution is -0.116. The molecule has 27 heavy (non-hydrogen) atoms. The fourth-order valence-corrected chi connectivity index (χ4v) is 2.82. The van der Waals surface area contributed by atoms with Crippen molar-refractivity contribution in [3.8, 4) is 5.75 Å². The smallest absolute Gasteiger partial charge is 0.442 e. The van der Waals surface area contributed by atoms with E-state index in [1.807, 2.05) is 25.1 Å². The minimum absolute atomic E-state index is 0.106. The number of benzene rings is 2. The van der Waals surface area contributed by atoms with Crippen LogP contribution in [-0.4, -0.2) is 15.6 Å². The molecular weight excluding hydrogens is 393 g/mol. The fraction of sp³-hybridized carbons (Fsp3) is 0.167. The zero-order chi connectivity index (χ0) is 19.4. The second kappa shape index (κ2) is 8.28. The summed E-state index contributed by atoms with van der Waals surface area (Å²) in [5.74, 6) is -0.621. The molecule has 3 aromatic rings. The molecule has 1 heterocycles. The van der Waals surface area contributed by atoms with Crippen LogP contribution in [0.3, 0.4) is 0 Å². The molecule has 0 aliphatic carbocycles. The molecule has 1 aromatic heterocycles. The van der Waals surface area contributed by atoms with E-state index in [1.165, 1.54) is 6.07 Å². The van der Waals surface area contributed by atoms with Gasteiger partial charge in [-0.2, -0.15) is 0 Å². The monoisotopic (exact) mass is 407 g/mol. The number of carbonyl (C=O) groups is 1. The quantitative estimate of drug-likeness (QED) is 0.673. The molecule has 0 bridgehead atoms. The molecule has 0 spiro atoms. The molecule has 3 rings (SSSR count). The molecule has 140 valence electrons. The zero-order valence-electron chi connectivity index (χ0n) is 14.2. The van der Waals surface area contributed by atoms with Gasteiger partial charge in [0.25, 0.3) is 0 Å². The predicted molar refractivity (Wildman–Crippen MR) is 101 cm³/mol. The van der Waals surface area contributed by atoms with Crippen LogP contribution in [-0.2, 0) is 17.9 Å². The number of ether oxygens (including phenoxy) is 1. The average molecular weight is 408 g/mol. The van der Waals surface area contributed by atoms with E-state index in [-0.39, 0.29) is 19.0 Å². The van der Waals surface area contributed by atoms with Crippen molar-refractivity contribution in [3.05, 3.63) is 74.4 Å². The number of nitrogens with zero attached hydrogens (tertiary/aromatic N) is 2. The lowest BCUT2D eigenvalue weighted by atomic mass is 10.2. The Morgan fingerprint density at radius 3 is 2.81 bits per heavy atom. The van der Waals surface area contributed by atoms with E-state index in [0.717, 1.165) is 10.1 Å². The molecule has 9 heteroatoms. The Hall–Kier alpha value is -2.77. The van der Waals surface area contributed by atoms with E-state index in [9.17, 15) is 9.59 Å². The van der Waals surface area contributed by atoms with Gasteiger partial charge in [-0.25, -0.2) is 9.36 Å². The van der Waals surface area contributed by atoms with Crippen molar-refractivity contribution < 1.29 is 14.1 Å². The van der Waals surface area contributed by atoms with E-state index in [4.69, 9.17) is 27.9 Å². The molecule has 0 aliphatic heterocycles. The van der Waals surface area contributed by atoms with Crippen molar-refractivity contribution in [2.75, 3.05) is 5.32 Å². The molecule has 0 saturated carbocycles. The maximum absolute atomic E-state index is 12.2. The van der Waals surface area contributed by atoms with Crippen LogP contribution in [0, 0.1) is 6.92 Å². The van der Waals surface area contributed by atoms with Gasteiger partial charge in [0, 0.05) is 10.7 Å². The van der Waals surface area contributed by atoms with Crippen molar-refractivity contribution in [1.29, 1.82) is 0 Å². The van der Waals surface area contributed by atoms with Crippen LogP contribution in [0.1, 0.15) is 11.4 Å². The summed E-state index contributed by atoms with van der Waals surface area (Å²) in [5.41, 5.74) is 1.64. The number of rotatable bonds is 6. The number of aryl methyl sites for hydroxylation is 1. The number of amides is 1. The normalized spacial score (nSPS) is 10.6. The molecule has 0 atom stereocenters. The molecule has 0 saturated heterocycles. The third kappa shape index (κ3) is 4.90. The summed E-state index contributed by atoms with van der Waals surface area (Å²) < 4.78 is 11.3. The van der Waals surface area contributed by atoms with E-state index >= 15 is 0 Å². The second-order valence-electron chi connectivity index (χ2n) is 5.73. The van der Waals surface area contributed by atoms with Crippen LogP contribution in [0.5, 0.6) is 5.75 Å². The van der Waals surface area contributed by atoms with Crippen molar-refractivity contribution in [3.63, 3.8) is 0 Å². The van der Waals surface area contributed by atoms with Gasteiger partial charge in [-0.05, 0) is 42.8 Å². The van der Waals surface area contributed by atoms with Gasteiger partial charge in [-0.1, -0.05) is 40.5 Å². The first kappa shape index (κ1) is 19.0. The maximum Gasteiger partial charge on any atom is 0.442 e. The molecule has 0 aliphatic rings. The summed E-state index contributed by atoms with van der Waals surface area (Å²) in [4.78, 5) is 24.1. The number of hydrogen-bond donors (Lipinski definition) is 1. The molecule has 7 nitrogen and oxygen atoms in total. The van der Waals surface area contributed by atoms with E-state index in [1.54, 1.807) is 18.2 Å². The summed E-state index contributed by atoms with van der Waals surface area (Å²) in [5, 5.41) is 7.16. The van der Waals surface area contributed by atoms with Crippen molar-refractivity contribution in [2.24, 2.45) is 0 Å². The van der Waals surface area contributed by atoms with Crippen LogP contribution in [0.4, 0.5) is 5.69 Å². The average Bonchev–Trinajstić information content (AvgIpc) is 2.94. The lowest BCUT2D eigenvalue weighted by Crippen LogP contribution is -2.27. The molecule has 0 fully saturated rings. The second-order valence-corrected chi connectivity index (χ2v) is 6.58. The molecule has 0 unspecified atom stereocenters. The zero-order valence-corrected chi connectivity index (χ0v) is 15.8. The first-order chi connectivity index (χ1) is 12.9. The first-order valence-corrected chi connectivity index (χ1v) is 8.68. The van der Waals surface area contributed by atoms with E-state index in [0.29, 0.717) is 21.5 Å². The minimum Gasteiger partial charge on any atom is -0.484 e. The van der Waals surface area contributed by atoms with Gasteiger partial charge < -0.3 is 10.1 Å². The highest BCUT2D eigenvalue weighted by Gasteiger charge is 2.15. The minimum atomic E-state index is -0.754. The van der Waals surface area contributed by atoms with E-state index in [2.05, 4.69) is 15.0 Å². The Balaban J connectivity index is 1.69. The van der Waals surface area contributed by atoms with Gasteiger partial charge in [-0.3, -0.25) is 9.32 Å². The Morgan fingerprint density at radius 1 is 1.26 bits per heavy atom. The maximum atomic E-state index is 12.2.